The van der Waals surface area contributed by atoms with Gasteiger partial charge in [0.05, 0.1) is 12.2 Å². The van der Waals surface area contributed by atoms with Gasteiger partial charge in [-0.25, -0.2) is 8.78 Å². The van der Waals surface area contributed by atoms with Crippen molar-refractivity contribution < 1.29 is 38.1 Å². The maximum atomic E-state index is 17.1. The second kappa shape index (κ2) is 6.31. The minimum absolute atomic E-state index is 0.0573. The molecule has 4 fully saturated rings. The Kier molecular flexibility index (Phi) is 4.35. The molecule has 1 saturated heterocycles. The van der Waals surface area contributed by atoms with E-state index in [1.165, 1.54) is 19.1 Å². The molecule has 170 valence electrons. The molecule has 4 aliphatic carbocycles. The van der Waals surface area contributed by atoms with Gasteiger partial charge in [-0.1, -0.05) is 13.0 Å². The summed E-state index contributed by atoms with van der Waals surface area (Å²) >= 11 is 0. The van der Waals surface area contributed by atoms with Gasteiger partial charge in [-0.05, 0) is 56.8 Å². The number of aliphatic hydroxyl groups excluding tert-OH is 2. The molecule has 0 aromatic rings. The molecule has 0 aromatic carbocycles. The van der Waals surface area contributed by atoms with E-state index in [9.17, 15) is 19.8 Å². The van der Waals surface area contributed by atoms with E-state index in [-0.39, 0.29) is 24.8 Å². The van der Waals surface area contributed by atoms with Gasteiger partial charge in [0.25, 0.3) is 0 Å². The Bertz CT molecular complexity index is 918. The zero-order valence-electron chi connectivity index (χ0n) is 17.8. The summed E-state index contributed by atoms with van der Waals surface area (Å²) in [6.07, 6.45) is -0.760. The molecule has 0 aromatic heterocycles. The highest BCUT2D eigenvalue weighted by Crippen LogP contribution is 2.71. The average molecular weight is 438 g/mol. The van der Waals surface area contributed by atoms with Crippen LogP contribution < -0.4 is 0 Å². The third-order valence-corrected chi connectivity index (χ3v) is 9.05. The summed E-state index contributed by atoms with van der Waals surface area (Å²) in [5, 5.41) is 21.0. The fourth-order valence-corrected chi connectivity index (χ4v) is 7.74. The summed E-state index contributed by atoms with van der Waals surface area (Å²) in [5.74, 6) is -2.40. The Morgan fingerprint density at radius 2 is 2.00 bits per heavy atom. The van der Waals surface area contributed by atoms with Gasteiger partial charge in [-0.15, -0.1) is 0 Å². The number of rotatable bonds is 2. The number of halogens is 2. The zero-order chi connectivity index (χ0) is 22.6. The van der Waals surface area contributed by atoms with Crippen LogP contribution in [0.15, 0.2) is 23.8 Å². The van der Waals surface area contributed by atoms with Crippen molar-refractivity contribution in [1.82, 2.24) is 0 Å². The number of fused-ring (bicyclic) bond motifs is 7. The number of alkyl halides is 2. The lowest BCUT2D eigenvalue weighted by Crippen LogP contribution is -2.70. The van der Waals surface area contributed by atoms with Crippen LogP contribution in [0.2, 0.25) is 0 Å². The molecule has 0 bridgehead atoms. The van der Waals surface area contributed by atoms with Gasteiger partial charge in [0, 0.05) is 16.7 Å². The van der Waals surface area contributed by atoms with Crippen molar-refractivity contribution in [2.45, 2.75) is 76.0 Å². The summed E-state index contributed by atoms with van der Waals surface area (Å²) in [7, 11) is 0. The van der Waals surface area contributed by atoms with Gasteiger partial charge in [-0.3, -0.25) is 9.59 Å². The highest BCUT2D eigenvalue weighted by Gasteiger charge is 2.79. The number of carbonyl (C=O) groups is 2. The standard InChI is InChI=1S/C23H28F2O6/c1-11-30-19-8-13-14-7-16(24)15-6-12(27)4-5-20(15,2)22(14,25)17(28)9-21(13,3)23(19,31-11)18(29)10-26/h4-6,11,13-14,16-17,19,26,28H,7-10H2,1-3H3/t11-,13+,14+,16+,17+,19?,20+,21+,22+,23-/m1/s1. The van der Waals surface area contributed by atoms with Gasteiger partial charge in [-0.2, -0.15) is 0 Å². The van der Waals surface area contributed by atoms with Crippen molar-refractivity contribution in [2.24, 2.45) is 22.7 Å². The summed E-state index contributed by atoms with van der Waals surface area (Å²) in [4.78, 5) is 24.9. The van der Waals surface area contributed by atoms with E-state index >= 15 is 8.78 Å². The largest absolute Gasteiger partial charge is 0.390 e. The Balaban J connectivity index is 1.66. The van der Waals surface area contributed by atoms with Crippen LogP contribution in [0.4, 0.5) is 8.78 Å². The fourth-order valence-electron chi connectivity index (χ4n) is 7.74. The molecule has 3 saturated carbocycles. The van der Waals surface area contributed by atoms with E-state index in [1.54, 1.807) is 13.8 Å². The van der Waals surface area contributed by atoms with Crippen LogP contribution in [0.5, 0.6) is 0 Å². The maximum Gasteiger partial charge on any atom is 0.193 e. The van der Waals surface area contributed by atoms with Crippen molar-refractivity contribution in [2.75, 3.05) is 6.61 Å². The predicted octanol–water partition coefficient (Wildman–Crippen LogP) is 1.98. The minimum Gasteiger partial charge on any atom is -0.390 e. The van der Waals surface area contributed by atoms with Crippen molar-refractivity contribution in [3.05, 3.63) is 23.8 Å². The van der Waals surface area contributed by atoms with Gasteiger partial charge in [0.2, 0.25) is 0 Å². The van der Waals surface area contributed by atoms with Crippen molar-refractivity contribution in [3.63, 3.8) is 0 Å². The van der Waals surface area contributed by atoms with Crippen molar-refractivity contribution >= 4 is 11.6 Å². The Hall–Kier alpha value is -1.48. The number of ether oxygens (including phenoxy) is 2. The number of hydrogen-bond donors (Lipinski definition) is 2. The number of Topliss-reactive ketones (excluding diaryl/α,β-unsaturated/α-hetero) is 1. The quantitative estimate of drug-likeness (QED) is 0.685. The molecule has 1 heterocycles. The first-order valence-electron chi connectivity index (χ1n) is 10.9. The molecule has 10 atom stereocenters. The van der Waals surface area contributed by atoms with Gasteiger partial charge in [0.1, 0.15) is 12.8 Å². The zero-order valence-corrected chi connectivity index (χ0v) is 17.8. The number of ketones is 2. The van der Waals surface area contributed by atoms with E-state index in [4.69, 9.17) is 9.47 Å². The van der Waals surface area contributed by atoms with Crippen LogP contribution in [-0.2, 0) is 19.1 Å². The lowest BCUT2D eigenvalue weighted by molar-refractivity contribution is -0.232. The first kappa shape index (κ1) is 21.4. The van der Waals surface area contributed by atoms with Crippen LogP contribution in [0.3, 0.4) is 0 Å². The van der Waals surface area contributed by atoms with E-state index < -0.39 is 76.8 Å². The van der Waals surface area contributed by atoms with Gasteiger partial charge < -0.3 is 19.7 Å². The molecule has 5 aliphatic rings. The summed E-state index contributed by atoms with van der Waals surface area (Å²) < 4.78 is 44.3. The Morgan fingerprint density at radius 1 is 1.29 bits per heavy atom. The molecule has 5 rings (SSSR count). The summed E-state index contributed by atoms with van der Waals surface area (Å²) in [6, 6.07) is 0. The molecule has 1 aliphatic heterocycles. The number of aliphatic hydroxyl groups is 2. The fraction of sp³-hybridized carbons (Fsp3) is 0.739. The van der Waals surface area contributed by atoms with Crippen molar-refractivity contribution in [1.29, 1.82) is 0 Å². The van der Waals surface area contributed by atoms with E-state index in [1.807, 2.05) is 0 Å². The molecular formula is C23H28F2O6. The second-order valence-corrected chi connectivity index (χ2v) is 10.2. The second-order valence-electron chi connectivity index (χ2n) is 10.2. The Labute approximate surface area is 179 Å². The minimum atomic E-state index is -2.23. The first-order chi connectivity index (χ1) is 14.5. The monoisotopic (exact) mass is 438 g/mol. The molecule has 6 nitrogen and oxygen atoms in total. The third-order valence-electron chi connectivity index (χ3n) is 9.05. The Morgan fingerprint density at radius 3 is 2.68 bits per heavy atom. The predicted molar refractivity (Wildman–Crippen MR) is 104 cm³/mol. The summed E-state index contributed by atoms with van der Waals surface area (Å²) in [6.45, 7) is 4.18. The molecule has 2 N–H and O–H groups in total. The first-order valence-corrected chi connectivity index (χ1v) is 10.9. The number of allylic oxidation sites excluding steroid dienone is 4. The third kappa shape index (κ3) is 2.25. The van der Waals surface area contributed by atoms with Crippen molar-refractivity contribution in [3.8, 4) is 0 Å². The topological polar surface area (TPSA) is 93.1 Å². The summed E-state index contributed by atoms with van der Waals surface area (Å²) in [5.41, 5.74) is -6.22. The maximum absolute atomic E-state index is 17.1. The van der Waals surface area contributed by atoms with Crippen LogP contribution >= 0.6 is 0 Å². The van der Waals surface area contributed by atoms with Crippen LogP contribution in [0.25, 0.3) is 0 Å². The van der Waals surface area contributed by atoms with Crippen LogP contribution in [0, 0.1) is 22.7 Å². The lowest BCUT2D eigenvalue weighted by Gasteiger charge is -2.63. The number of carbonyl (C=O) groups excluding carboxylic acids is 2. The molecular weight excluding hydrogens is 410 g/mol. The lowest BCUT2D eigenvalue weighted by atomic mass is 9.44. The molecule has 0 amide bonds. The normalized spacial score (nSPS) is 55.2. The van der Waals surface area contributed by atoms with E-state index in [0.29, 0.717) is 0 Å². The van der Waals surface area contributed by atoms with Gasteiger partial charge in [0.15, 0.2) is 29.1 Å². The SMILES string of the molecule is C[C@@H]1OC2C[C@H]3[C@@H]4C[C@H](F)C5=CC(=O)C=C[C@]5(C)[C@@]4(F)[C@@H](O)C[C@]3(C)[C@]2(C(=O)CO)O1. The molecule has 1 unspecified atom stereocenters. The van der Waals surface area contributed by atoms with Gasteiger partial charge >= 0.3 is 0 Å². The smallest absolute Gasteiger partial charge is 0.193 e. The molecule has 31 heavy (non-hydrogen) atoms. The highest BCUT2D eigenvalue weighted by atomic mass is 19.1. The molecule has 0 radical (unpaired) electrons. The molecule has 0 spiro atoms. The average Bonchev–Trinajstić information content (AvgIpc) is 3.16. The van der Waals surface area contributed by atoms with Crippen LogP contribution in [-0.4, -0.2) is 64.3 Å². The van der Waals surface area contributed by atoms with E-state index in [2.05, 4.69) is 0 Å². The number of hydrogen-bond acceptors (Lipinski definition) is 6. The van der Waals surface area contributed by atoms with Crippen LogP contribution in [0.1, 0.15) is 40.0 Å². The van der Waals surface area contributed by atoms with E-state index in [0.717, 1.165) is 6.08 Å². The molecule has 8 heteroatoms. The highest BCUT2D eigenvalue weighted by molar-refractivity contribution is 6.01.